The third-order valence-corrected chi connectivity index (χ3v) is 5.04. The van der Waals surface area contributed by atoms with E-state index in [2.05, 4.69) is 39.7 Å². The molecule has 0 bridgehead atoms. The van der Waals surface area contributed by atoms with Crippen LogP contribution in [-0.4, -0.2) is 60.5 Å². The summed E-state index contributed by atoms with van der Waals surface area (Å²) in [6, 6.07) is 10.5. The lowest BCUT2D eigenvalue weighted by atomic mass is 10.0. The zero-order valence-corrected chi connectivity index (χ0v) is 19.7. The number of methoxy groups -OCH3 is 1. The van der Waals surface area contributed by atoms with Gasteiger partial charge in [0.05, 0.1) is 26.2 Å². The lowest BCUT2D eigenvalue weighted by Gasteiger charge is -2.28. The summed E-state index contributed by atoms with van der Waals surface area (Å²) in [7, 11) is 1.74. The van der Waals surface area contributed by atoms with Crippen LogP contribution in [0.4, 0.5) is 0 Å². The van der Waals surface area contributed by atoms with Gasteiger partial charge >= 0.3 is 0 Å². The van der Waals surface area contributed by atoms with Crippen molar-refractivity contribution in [3.05, 3.63) is 48.3 Å². The summed E-state index contributed by atoms with van der Waals surface area (Å²) >= 11 is 0. The third-order valence-electron chi connectivity index (χ3n) is 5.04. The van der Waals surface area contributed by atoms with E-state index in [0.717, 1.165) is 44.4 Å². The molecular weight excluding hydrogens is 479 g/mol. The largest absolute Gasteiger partial charge is 0.496 e. The molecule has 2 aromatic rings. The van der Waals surface area contributed by atoms with Gasteiger partial charge in [0.1, 0.15) is 5.75 Å². The molecule has 1 atom stereocenters. The van der Waals surface area contributed by atoms with Crippen LogP contribution < -0.4 is 15.4 Å². The standard InChI is InChI=1S/C21H32N6O.HI/c1-3-22-21(23-12-16-27-15-8-11-25-27)24-17-19(26-13-6-7-14-26)18-9-4-5-10-20(18)28-2;/h4-5,8-11,15,19H,3,6-7,12-14,16-17H2,1-2H3,(H2,22,23,24);1H. The van der Waals surface area contributed by atoms with Crippen LogP contribution in [0.1, 0.15) is 31.4 Å². The van der Waals surface area contributed by atoms with Crippen molar-refractivity contribution >= 4 is 29.9 Å². The first-order valence-corrected chi connectivity index (χ1v) is 10.2. The zero-order valence-electron chi connectivity index (χ0n) is 17.4. The first-order valence-electron chi connectivity index (χ1n) is 10.2. The van der Waals surface area contributed by atoms with Crippen LogP contribution in [0.15, 0.2) is 47.7 Å². The van der Waals surface area contributed by atoms with Gasteiger partial charge in [0, 0.05) is 31.0 Å². The summed E-state index contributed by atoms with van der Waals surface area (Å²) < 4.78 is 7.55. The lowest BCUT2D eigenvalue weighted by molar-refractivity contribution is 0.245. The lowest BCUT2D eigenvalue weighted by Crippen LogP contribution is -2.39. The van der Waals surface area contributed by atoms with E-state index in [4.69, 9.17) is 9.73 Å². The number of benzene rings is 1. The van der Waals surface area contributed by atoms with Crippen molar-refractivity contribution in [3.8, 4) is 5.75 Å². The van der Waals surface area contributed by atoms with E-state index in [-0.39, 0.29) is 30.0 Å². The van der Waals surface area contributed by atoms with Gasteiger partial charge in [0.2, 0.25) is 0 Å². The minimum atomic E-state index is 0. The van der Waals surface area contributed by atoms with Gasteiger partial charge in [-0.3, -0.25) is 14.6 Å². The summed E-state index contributed by atoms with van der Waals surface area (Å²) in [4.78, 5) is 7.42. The van der Waals surface area contributed by atoms with Crippen LogP contribution in [0.25, 0.3) is 0 Å². The Morgan fingerprint density at radius 1 is 1.21 bits per heavy atom. The monoisotopic (exact) mass is 512 g/mol. The number of hydrogen-bond donors (Lipinski definition) is 2. The van der Waals surface area contributed by atoms with Crippen LogP contribution in [0, 0.1) is 0 Å². The highest BCUT2D eigenvalue weighted by Gasteiger charge is 2.25. The highest BCUT2D eigenvalue weighted by Crippen LogP contribution is 2.31. The molecule has 1 aliphatic heterocycles. The van der Waals surface area contributed by atoms with Crippen molar-refractivity contribution in [2.75, 3.05) is 39.8 Å². The quantitative estimate of drug-likeness (QED) is 0.308. The average molecular weight is 512 g/mol. The topological polar surface area (TPSA) is 66.7 Å². The number of halogens is 1. The Balaban J connectivity index is 0.00000300. The molecule has 0 spiro atoms. The van der Waals surface area contributed by atoms with Crippen molar-refractivity contribution in [1.29, 1.82) is 0 Å². The summed E-state index contributed by atoms with van der Waals surface area (Å²) in [6.07, 6.45) is 6.26. The van der Waals surface area contributed by atoms with Crippen molar-refractivity contribution in [3.63, 3.8) is 0 Å². The summed E-state index contributed by atoms with van der Waals surface area (Å²) in [5, 5.41) is 11.0. The number of rotatable bonds is 9. The van der Waals surface area contributed by atoms with Crippen molar-refractivity contribution in [2.45, 2.75) is 32.4 Å². The van der Waals surface area contributed by atoms with Gasteiger partial charge < -0.3 is 15.4 Å². The fourth-order valence-electron chi connectivity index (χ4n) is 3.65. The number of guanidine groups is 1. The van der Waals surface area contributed by atoms with Crippen LogP contribution in [0.3, 0.4) is 0 Å². The molecule has 0 amide bonds. The first kappa shape index (κ1) is 23.5. The molecule has 1 aromatic heterocycles. The number of para-hydroxylation sites is 1. The Morgan fingerprint density at radius 3 is 2.69 bits per heavy atom. The fraction of sp³-hybridized carbons (Fsp3) is 0.524. The maximum Gasteiger partial charge on any atom is 0.191 e. The molecule has 29 heavy (non-hydrogen) atoms. The molecular formula is C21H33IN6O. The Bertz CT molecular complexity index is 731. The molecule has 1 unspecified atom stereocenters. The molecule has 160 valence electrons. The predicted octanol–water partition coefficient (Wildman–Crippen LogP) is 2.90. The molecule has 1 saturated heterocycles. The van der Waals surface area contributed by atoms with E-state index in [0.29, 0.717) is 6.54 Å². The minimum Gasteiger partial charge on any atom is -0.496 e. The van der Waals surface area contributed by atoms with Gasteiger partial charge in [0.25, 0.3) is 0 Å². The minimum absolute atomic E-state index is 0. The van der Waals surface area contributed by atoms with E-state index < -0.39 is 0 Å². The Morgan fingerprint density at radius 2 is 2.00 bits per heavy atom. The number of nitrogens with zero attached hydrogens (tertiary/aromatic N) is 4. The summed E-state index contributed by atoms with van der Waals surface area (Å²) in [5.41, 5.74) is 1.21. The Kier molecular flexibility index (Phi) is 10.3. The van der Waals surface area contributed by atoms with Crippen molar-refractivity contribution in [2.24, 2.45) is 4.99 Å². The van der Waals surface area contributed by atoms with Gasteiger partial charge in [-0.15, -0.1) is 24.0 Å². The molecule has 2 heterocycles. The van der Waals surface area contributed by atoms with Gasteiger partial charge in [-0.2, -0.15) is 5.10 Å². The van der Waals surface area contributed by atoms with E-state index in [1.54, 1.807) is 13.3 Å². The molecule has 1 aromatic carbocycles. The molecule has 2 N–H and O–H groups in total. The maximum atomic E-state index is 5.63. The molecule has 1 aliphatic rings. The van der Waals surface area contributed by atoms with Gasteiger partial charge in [0.15, 0.2) is 5.96 Å². The first-order chi connectivity index (χ1) is 13.8. The Labute approximate surface area is 190 Å². The summed E-state index contributed by atoms with van der Waals surface area (Å²) in [6.45, 7) is 7.41. The van der Waals surface area contributed by atoms with Gasteiger partial charge in [-0.1, -0.05) is 18.2 Å². The fourth-order valence-corrected chi connectivity index (χ4v) is 3.65. The number of aromatic nitrogens is 2. The molecule has 1 fully saturated rings. The smallest absolute Gasteiger partial charge is 0.191 e. The maximum absolute atomic E-state index is 5.63. The van der Waals surface area contributed by atoms with Crippen LogP contribution in [0.5, 0.6) is 5.75 Å². The molecule has 8 heteroatoms. The number of hydrogen-bond acceptors (Lipinski definition) is 4. The normalized spacial score (nSPS) is 15.6. The molecule has 0 radical (unpaired) electrons. The molecule has 7 nitrogen and oxygen atoms in total. The third kappa shape index (κ3) is 6.88. The number of ether oxygens (including phenoxy) is 1. The van der Waals surface area contributed by atoms with Crippen molar-refractivity contribution in [1.82, 2.24) is 25.3 Å². The van der Waals surface area contributed by atoms with Gasteiger partial charge in [-0.05, 0) is 45.0 Å². The highest BCUT2D eigenvalue weighted by molar-refractivity contribution is 14.0. The SMILES string of the molecule is CCNC(=NCC(c1ccccc1OC)N1CCCC1)NCCn1cccn1.I. The van der Waals surface area contributed by atoms with Crippen LogP contribution >= 0.6 is 24.0 Å². The predicted molar refractivity (Wildman–Crippen MR) is 128 cm³/mol. The molecule has 0 aliphatic carbocycles. The van der Waals surface area contributed by atoms with Crippen LogP contribution in [0.2, 0.25) is 0 Å². The van der Waals surface area contributed by atoms with E-state index in [1.165, 1.54) is 18.4 Å². The summed E-state index contributed by atoms with van der Waals surface area (Å²) in [5.74, 6) is 1.78. The van der Waals surface area contributed by atoms with Gasteiger partial charge in [-0.25, -0.2) is 0 Å². The highest BCUT2D eigenvalue weighted by atomic mass is 127. The molecule has 3 rings (SSSR count). The zero-order chi connectivity index (χ0) is 19.6. The number of aliphatic imine (C=N–C) groups is 1. The number of nitrogens with one attached hydrogen (secondary N) is 2. The molecule has 0 saturated carbocycles. The van der Waals surface area contributed by atoms with E-state index >= 15 is 0 Å². The van der Waals surface area contributed by atoms with E-state index in [1.807, 2.05) is 29.1 Å². The average Bonchev–Trinajstić information content (AvgIpc) is 3.43. The van der Waals surface area contributed by atoms with Crippen molar-refractivity contribution < 1.29 is 4.74 Å². The second-order valence-corrected chi connectivity index (χ2v) is 6.92. The second-order valence-electron chi connectivity index (χ2n) is 6.92. The number of likely N-dealkylation sites (tertiary alicyclic amines) is 1. The Hall–Kier alpha value is -1.81. The van der Waals surface area contributed by atoms with Crippen LogP contribution in [-0.2, 0) is 6.54 Å². The van der Waals surface area contributed by atoms with E-state index in [9.17, 15) is 0 Å². The second kappa shape index (κ2) is 12.7.